The van der Waals surface area contributed by atoms with Gasteiger partial charge in [0.1, 0.15) is 23.9 Å². The van der Waals surface area contributed by atoms with Crippen LogP contribution < -0.4 is 4.74 Å². The first-order valence-corrected chi connectivity index (χ1v) is 12.5. The highest BCUT2D eigenvalue weighted by molar-refractivity contribution is 7.22. The standard InChI is InChI=1S/C28H27NO4S.ClH/c30-20-10-8-19(9-11-20)28-26(23-6-2-3-7-25(23)34-28)27(32)22-13-12-21(18-24(22)31)33-17-16-29-14-4-1-5-15-29;/h2-3,6-13,18,30-31H,1,4-5,14-17H2;1H. The number of carbonyl (C=O) groups is 1. The summed E-state index contributed by atoms with van der Waals surface area (Å²) in [4.78, 5) is 16.9. The van der Waals surface area contributed by atoms with Crippen LogP contribution in [0, 0.1) is 0 Å². The molecule has 1 saturated heterocycles. The lowest BCUT2D eigenvalue weighted by atomic mass is 9.97. The molecule has 0 atom stereocenters. The highest BCUT2D eigenvalue weighted by Gasteiger charge is 2.23. The maximum Gasteiger partial charge on any atom is 0.198 e. The van der Waals surface area contributed by atoms with Gasteiger partial charge in [0, 0.05) is 33.1 Å². The predicted octanol–water partition coefficient (Wildman–Crippen LogP) is 6.50. The Labute approximate surface area is 215 Å². The number of ether oxygens (including phenoxy) is 1. The fourth-order valence-electron chi connectivity index (χ4n) is 4.49. The van der Waals surface area contributed by atoms with Gasteiger partial charge in [0.25, 0.3) is 0 Å². The minimum atomic E-state index is -0.238. The number of hydrogen-bond acceptors (Lipinski definition) is 6. The van der Waals surface area contributed by atoms with E-state index in [1.807, 2.05) is 24.3 Å². The molecular formula is C28H28ClNO4S. The lowest BCUT2D eigenvalue weighted by molar-refractivity contribution is 0.103. The number of aromatic hydroxyl groups is 2. The quantitative estimate of drug-likeness (QED) is 0.278. The van der Waals surface area contributed by atoms with E-state index in [4.69, 9.17) is 4.74 Å². The Morgan fingerprint density at radius 2 is 1.69 bits per heavy atom. The van der Waals surface area contributed by atoms with Crippen LogP contribution >= 0.6 is 23.7 Å². The lowest BCUT2D eigenvalue weighted by Gasteiger charge is -2.26. The van der Waals surface area contributed by atoms with Gasteiger partial charge in [-0.05, 0) is 74.0 Å². The third kappa shape index (κ3) is 5.45. The number of ketones is 1. The zero-order valence-corrected chi connectivity index (χ0v) is 20.9. The molecule has 0 aliphatic carbocycles. The van der Waals surface area contributed by atoms with Gasteiger partial charge >= 0.3 is 0 Å². The Kier molecular flexibility index (Phi) is 7.96. The van der Waals surface area contributed by atoms with Crippen molar-refractivity contribution in [2.24, 2.45) is 0 Å². The smallest absolute Gasteiger partial charge is 0.198 e. The van der Waals surface area contributed by atoms with Crippen molar-refractivity contribution in [1.82, 2.24) is 4.90 Å². The molecule has 0 amide bonds. The molecular weight excluding hydrogens is 482 g/mol. The van der Waals surface area contributed by atoms with Gasteiger partial charge < -0.3 is 14.9 Å². The summed E-state index contributed by atoms with van der Waals surface area (Å²) in [6, 6.07) is 19.5. The molecule has 0 saturated carbocycles. The van der Waals surface area contributed by atoms with E-state index in [1.165, 1.54) is 36.7 Å². The number of thiophene rings is 1. The van der Waals surface area contributed by atoms with Crippen LogP contribution in [-0.2, 0) is 0 Å². The number of halogens is 1. The molecule has 4 aromatic rings. The Morgan fingerprint density at radius 3 is 2.43 bits per heavy atom. The van der Waals surface area contributed by atoms with Crippen LogP contribution in [0.25, 0.3) is 20.5 Å². The van der Waals surface area contributed by atoms with Gasteiger partial charge in [-0.15, -0.1) is 23.7 Å². The summed E-state index contributed by atoms with van der Waals surface area (Å²) in [5, 5.41) is 21.3. The number of piperidine rings is 1. The van der Waals surface area contributed by atoms with Crippen molar-refractivity contribution in [3.05, 3.63) is 77.9 Å². The van der Waals surface area contributed by atoms with E-state index in [0.29, 0.717) is 17.9 Å². The highest BCUT2D eigenvalue weighted by Crippen LogP contribution is 2.41. The highest BCUT2D eigenvalue weighted by atomic mass is 35.5. The van der Waals surface area contributed by atoms with Crippen molar-refractivity contribution in [1.29, 1.82) is 0 Å². The SMILES string of the molecule is Cl.O=C(c1ccc(OCCN2CCCCC2)cc1O)c1c(-c2ccc(O)cc2)sc2ccccc12. The molecule has 1 aromatic heterocycles. The minimum absolute atomic E-state index is 0. The maximum absolute atomic E-state index is 13.7. The van der Waals surface area contributed by atoms with Crippen molar-refractivity contribution >= 4 is 39.6 Å². The van der Waals surface area contributed by atoms with Crippen LogP contribution in [0.2, 0.25) is 0 Å². The van der Waals surface area contributed by atoms with Crippen molar-refractivity contribution in [3.63, 3.8) is 0 Å². The van der Waals surface area contributed by atoms with Crippen molar-refractivity contribution in [2.45, 2.75) is 19.3 Å². The average Bonchev–Trinajstić information content (AvgIpc) is 3.24. The van der Waals surface area contributed by atoms with Crippen LogP contribution in [0.1, 0.15) is 35.2 Å². The average molecular weight is 510 g/mol. The third-order valence-electron chi connectivity index (χ3n) is 6.29. The van der Waals surface area contributed by atoms with E-state index < -0.39 is 0 Å². The van der Waals surface area contributed by atoms with Crippen LogP contribution in [-0.4, -0.2) is 47.1 Å². The van der Waals surface area contributed by atoms with Crippen LogP contribution in [0.4, 0.5) is 0 Å². The molecule has 1 aliphatic heterocycles. The summed E-state index contributed by atoms with van der Waals surface area (Å²) >= 11 is 1.53. The number of carbonyl (C=O) groups excluding carboxylic acids is 1. The first-order chi connectivity index (χ1) is 16.6. The first kappa shape index (κ1) is 25.0. The van der Waals surface area contributed by atoms with Gasteiger partial charge in [-0.25, -0.2) is 0 Å². The largest absolute Gasteiger partial charge is 0.508 e. The summed E-state index contributed by atoms with van der Waals surface area (Å²) < 4.78 is 6.85. The van der Waals surface area contributed by atoms with Gasteiger partial charge in [0.05, 0.1) is 5.56 Å². The Balaban J connectivity index is 0.00000289. The minimum Gasteiger partial charge on any atom is -0.508 e. The van der Waals surface area contributed by atoms with E-state index >= 15 is 0 Å². The molecule has 0 bridgehead atoms. The Morgan fingerprint density at radius 1 is 0.943 bits per heavy atom. The monoisotopic (exact) mass is 509 g/mol. The molecule has 182 valence electrons. The molecule has 2 heterocycles. The molecule has 7 heteroatoms. The second-order valence-corrected chi connectivity index (χ2v) is 9.66. The molecule has 0 spiro atoms. The van der Waals surface area contributed by atoms with Crippen molar-refractivity contribution in [3.8, 4) is 27.7 Å². The van der Waals surface area contributed by atoms with Gasteiger partial charge in [0.2, 0.25) is 0 Å². The van der Waals surface area contributed by atoms with Gasteiger partial charge in [0.15, 0.2) is 5.78 Å². The third-order valence-corrected chi connectivity index (χ3v) is 7.51. The van der Waals surface area contributed by atoms with E-state index in [0.717, 1.165) is 40.2 Å². The number of fused-ring (bicyclic) bond motifs is 1. The first-order valence-electron chi connectivity index (χ1n) is 11.6. The lowest BCUT2D eigenvalue weighted by Crippen LogP contribution is -2.33. The number of phenols is 2. The Hall–Kier alpha value is -3.06. The van der Waals surface area contributed by atoms with Crippen LogP contribution in [0.5, 0.6) is 17.2 Å². The summed E-state index contributed by atoms with van der Waals surface area (Å²) in [6.07, 6.45) is 3.77. The summed E-state index contributed by atoms with van der Waals surface area (Å²) in [6.45, 7) is 3.63. The van der Waals surface area contributed by atoms with Gasteiger partial charge in [-0.1, -0.05) is 24.6 Å². The molecule has 2 N–H and O–H groups in total. The van der Waals surface area contributed by atoms with Crippen LogP contribution in [0.15, 0.2) is 66.7 Å². The van der Waals surface area contributed by atoms with E-state index in [2.05, 4.69) is 4.90 Å². The zero-order valence-electron chi connectivity index (χ0n) is 19.3. The zero-order chi connectivity index (χ0) is 23.5. The van der Waals surface area contributed by atoms with Crippen molar-refractivity contribution in [2.75, 3.05) is 26.2 Å². The van der Waals surface area contributed by atoms with Crippen molar-refractivity contribution < 1.29 is 19.7 Å². The fourth-order valence-corrected chi connectivity index (χ4v) is 5.70. The summed E-state index contributed by atoms with van der Waals surface area (Å²) in [5.41, 5.74) is 1.65. The predicted molar refractivity (Wildman–Crippen MR) is 143 cm³/mol. The van der Waals surface area contributed by atoms with E-state index in [9.17, 15) is 15.0 Å². The van der Waals surface area contributed by atoms with Gasteiger partial charge in [-0.2, -0.15) is 0 Å². The summed E-state index contributed by atoms with van der Waals surface area (Å²) in [5.74, 6) is 0.400. The second kappa shape index (κ2) is 11.1. The number of hydrogen-bond donors (Lipinski definition) is 2. The summed E-state index contributed by atoms with van der Waals surface area (Å²) in [7, 11) is 0. The molecule has 35 heavy (non-hydrogen) atoms. The molecule has 0 radical (unpaired) electrons. The maximum atomic E-state index is 13.7. The molecule has 1 aliphatic rings. The topological polar surface area (TPSA) is 70.0 Å². The molecule has 0 unspecified atom stereocenters. The number of phenolic OH excluding ortho intramolecular Hbond substituents is 2. The van der Waals surface area contributed by atoms with Gasteiger partial charge in [-0.3, -0.25) is 9.69 Å². The fraction of sp³-hybridized carbons (Fsp3) is 0.250. The van der Waals surface area contributed by atoms with E-state index in [1.54, 1.807) is 36.4 Å². The number of rotatable bonds is 7. The molecule has 5 nitrogen and oxygen atoms in total. The normalized spacial score (nSPS) is 13.9. The van der Waals surface area contributed by atoms with Crippen LogP contribution in [0.3, 0.4) is 0 Å². The number of benzene rings is 3. The molecule has 1 fully saturated rings. The number of nitrogens with zero attached hydrogens (tertiary/aromatic N) is 1. The molecule has 3 aromatic carbocycles. The second-order valence-electron chi connectivity index (χ2n) is 8.61. The Bertz CT molecular complexity index is 1310. The molecule has 5 rings (SSSR count). The van der Waals surface area contributed by atoms with E-state index in [-0.39, 0.29) is 35.3 Å². The number of likely N-dealkylation sites (tertiary alicyclic amines) is 1.